The van der Waals surface area contributed by atoms with E-state index in [1.807, 2.05) is 13.8 Å². The van der Waals surface area contributed by atoms with Crippen LogP contribution in [0.5, 0.6) is 0 Å². The van der Waals surface area contributed by atoms with Crippen molar-refractivity contribution in [1.82, 2.24) is 15.0 Å². The molecular weight excluding hydrogens is 274 g/mol. The number of aromatic nitrogens is 3. The number of aliphatic hydroxyl groups is 1. The molecule has 0 saturated carbocycles. The van der Waals surface area contributed by atoms with Crippen LogP contribution in [-0.4, -0.2) is 44.4 Å². The van der Waals surface area contributed by atoms with Crippen molar-refractivity contribution in [3.63, 3.8) is 0 Å². The highest BCUT2D eigenvalue weighted by Crippen LogP contribution is 2.51. The summed E-state index contributed by atoms with van der Waals surface area (Å²) < 4.78 is 19.3. The standard InChI is InChI=1S/C14H21N3O4/c1-4-5-6-8-10-14(18)9(7-17(10)16-15-8)19-12-11(14)20-13(2,3)21-12/h9,11-12,18H,4-7H2,1-3H3. The lowest BCUT2D eigenvalue weighted by Crippen LogP contribution is -2.44. The summed E-state index contributed by atoms with van der Waals surface area (Å²) in [7, 11) is 0. The molecule has 0 amide bonds. The lowest BCUT2D eigenvalue weighted by Gasteiger charge is -2.28. The molecule has 3 aliphatic heterocycles. The highest BCUT2D eigenvalue weighted by atomic mass is 16.8. The normalized spacial score (nSPS) is 39.3. The fourth-order valence-electron chi connectivity index (χ4n) is 3.63. The average Bonchev–Trinajstić information content (AvgIpc) is 3.07. The molecule has 1 aromatic rings. The third kappa shape index (κ3) is 1.75. The van der Waals surface area contributed by atoms with E-state index in [2.05, 4.69) is 17.2 Å². The lowest BCUT2D eigenvalue weighted by atomic mass is 9.89. The van der Waals surface area contributed by atoms with Gasteiger partial charge in [0, 0.05) is 0 Å². The van der Waals surface area contributed by atoms with E-state index in [-0.39, 0.29) is 6.10 Å². The summed E-state index contributed by atoms with van der Waals surface area (Å²) in [4.78, 5) is 0. The maximum atomic E-state index is 11.3. The number of ether oxygens (including phenoxy) is 3. The van der Waals surface area contributed by atoms with Crippen LogP contribution in [0.25, 0.3) is 0 Å². The predicted octanol–water partition coefficient (Wildman–Crippen LogP) is 0.698. The van der Waals surface area contributed by atoms with E-state index in [1.165, 1.54) is 0 Å². The molecule has 3 aliphatic rings. The Labute approximate surface area is 123 Å². The third-order valence-corrected chi connectivity index (χ3v) is 4.57. The first-order valence-corrected chi connectivity index (χ1v) is 7.62. The molecule has 21 heavy (non-hydrogen) atoms. The zero-order chi connectivity index (χ0) is 14.8. The van der Waals surface area contributed by atoms with Crippen molar-refractivity contribution in [3.8, 4) is 0 Å². The van der Waals surface area contributed by atoms with E-state index in [0.29, 0.717) is 6.54 Å². The Bertz CT molecular complexity index is 573. The topological polar surface area (TPSA) is 78.6 Å². The van der Waals surface area contributed by atoms with Gasteiger partial charge < -0.3 is 19.3 Å². The van der Waals surface area contributed by atoms with Gasteiger partial charge in [0.25, 0.3) is 0 Å². The quantitative estimate of drug-likeness (QED) is 0.884. The molecule has 4 unspecified atom stereocenters. The van der Waals surface area contributed by atoms with E-state index in [9.17, 15) is 5.11 Å². The Kier molecular flexibility index (Phi) is 2.76. The fraction of sp³-hybridized carbons (Fsp3) is 0.857. The molecule has 0 aliphatic carbocycles. The molecular formula is C14H21N3O4. The predicted molar refractivity (Wildman–Crippen MR) is 71.2 cm³/mol. The number of nitrogens with zero attached hydrogens (tertiary/aromatic N) is 3. The summed E-state index contributed by atoms with van der Waals surface area (Å²) in [5.41, 5.74) is 0.375. The molecule has 0 bridgehead atoms. The second-order valence-electron chi connectivity index (χ2n) is 6.54. The highest BCUT2D eigenvalue weighted by molar-refractivity contribution is 5.30. The minimum atomic E-state index is -1.22. The first-order chi connectivity index (χ1) is 9.95. The van der Waals surface area contributed by atoms with Crippen molar-refractivity contribution >= 4 is 0 Å². The maximum absolute atomic E-state index is 11.3. The Balaban J connectivity index is 1.72. The molecule has 1 aromatic heterocycles. The minimum Gasteiger partial charge on any atom is -0.378 e. The molecule has 4 atom stereocenters. The van der Waals surface area contributed by atoms with Gasteiger partial charge in [-0.05, 0) is 26.7 Å². The zero-order valence-electron chi connectivity index (χ0n) is 12.6. The molecule has 2 saturated heterocycles. The van der Waals surface area contributed by atoms with Crippen LogP contribution >= 0.6 is 0 Å². The van der Waals surface area contributed by atoms with Crippen LogP contribution in [0, 0.1) is 0 Å². The van der Waals surface area contributed by atoms with Gasteiger partial charge in [0.05, 0.1) is 17.9 Å². The largest absolute Gasteiger partial charge is 0.378 e. The molecule has 0 spiro atoms. The molecule has 7 heteroatoms. The van der Waals surface area contributed by atoms with Gasteiger partial charge in [-0.15, -0.1) is 5.10 Å². The van der Waals surface area contributed by atoms with Crippen LogP contribution in [0.4, 0.5) is 0 Å². The summed E-state index contributed by atoms with van der Waals surface area (Å²) in [6, 6.07) is 0. The van der Waals surface area contributed by atoms with E-state index >= 15 is 0 Å². The van der Waals surface area contributed by atoms with Gasteiger partial charge in [-0.1, -0.05) is 18.6 Å². The zero-order valence-corrected chi connectivity index (χ0v) is 12.6. The first-order valence-electron chi connectivity index (χ1n) is 7.62. The molecule has 4 rings (SSSR count). The highest BCUT2D eigenvalue weighted by Gasteiger charge is 2.68. The van der Waals surface area contributed by atoms with Gasteiger partial charge in [-0.25, -0.2) is 4.68 Å². The third-order valence-electron chi connectivity index (χ3n) is 4.57. The summed E-state index contributed by atoms with van der Waals surface area (Å²) in [6.45, 7) is 6.28. The number of hydrogen-bond acceptors (Lipinski definition) is 6. The van der Waals surface area contributed by atoms with Crippen LogP contribution < -0.4 is 0 Å². The molecule has 2 fully saturated rings. The van der Waals surface area contributed by atoms with Crippen LogP contribution in [0.1, 0.15) is 45.0 Å². The fourth-order valence-corrected chi connectivity index (χ4v) is 3.63. The smallest absolute Gasteiger partial charge is 0.191 e. The molecule has 4 heterocycles. The summed E-state index contributed by atoms with van der Waals surface area (Å²) >= 11 is 0. The Morgan fingerprint density at radius 1 is 1.38 bits per heavy atom. The van der Waals surface area contributed by atoms with E-state index in [4.69, 9.17) is 14.2 Å². The minimum absolute atomic E-state index is 0.380. The second kappa shape index (κ2) is 4.25. The Hall–Kier alpha value is -1.02. The van der Waals surface area contributed by atoms with Gasteiger partial charge in [0.1, 0.15) is 12.2 Å². The van der Waals surface area contributed by atoms with E-state index in [1.54, 1.807) is 4.68 Å². The number of unbranched alkanes of at least 4 members (excludes halogenated alkanes) is 1. The number of hydrogen-bond donors (Lipinski definition) is 1. The van der Waals surface area contributed by atoms with Crippen molar-refractivity contribution < 1.29 is 19.3 Å². The number of fused-ring (bicyclic) bond motifs is 5. The molecule has 0 aromatic carbocycles. The summed E-state index contributed by atoms with van der Waals surface area (Å²) in [5, 5.41) is 19.7. The monoisotopic (exact) mass is 295 g/mol. The first kappa shape index (κ1) is 13.6. The van der Waals surface area contributed by atoms with E-state index < -0.39 is 23.8 Å². The maximum Gasteiger partial charge on any atom is 0.191 e. The Morgan fingerprint density at radius 3 is 2.95 bits per heavy atom. The van der Waals surface area contributed by atoms with Crippen LogP contribution in [0.2, 0.25) is 0 Å². The summed E-state index contributed by atoms with van der Waals surface area (Å²) in [5.74, 6) is -0.750. The van der Waals surface area contributed by atoms with Crippen molar-refractivity contribution in [1.29, 1.82) is 0 Å². The second-order valence-corrected chi connectivity index (χ2v) is 6.54. The van der Waals surface area contributed by atoms with Crippen molar-refractivity contribution in [2.75, 3.05) is 0 Å². The molecule has 116 valence electrons. The van der Waals surface area contributed by atoms with Gasteiger partial charge in [0.15, 0.2) is 17.7 Å². The van der Waals surface area contributed by atoms with Crippen molar-refractivity contribution in [3.05, 3.63) is 11.4 Å². The number of rotatable bonds is 3. The average molecular weight is 295 g/mol. The SMILES string of the molecule is CCCCc1nnn2c1C1(O)C(C2)OC2OC(C)(C)OC21. The van der Waals surface area contributed by atoms with Crippen molar-refractivity contribution in [2.45, 2.75) is 76.5 Å². The van der Waals surface area contributed by atoms with Gasteiger partial charge >= 0.3 is 0 Å². The Morgan fingerprint density at radius 2 is 2.19 bits per heavy atom. The van der Waals surface area contributed by atoms with E-state index in [0.717, 1.165) is 30.7 Å². The molecule has 7 nitrogen and oxygen atoms in total. The number of aryl methyl sites for hydroxylation is 1. The van der Waals surface area contributed by atoms with Gasteiger partial charge in [-0.3, -0.25) is 0 Å². The molecule has 1 N–H and O–H groups in total. The van der Waals surface area contributed by atoms with Crippen LogP contribution in [0.3, 0.4) is 0 Å². The van der Waals surface area contributed by atoms with Crippen molar-refractivity contribution in [2.24, 2.45) is 0 Å². The van der Waals surface area contributed by atoms with Crippen LogP contribution in [0.15, 0.2) is 0 Å². The lowest BCUT2D eigenvalue weighted by molar-refractivity contribution is -0.228. The van der Waals surface area contributed by atoms with Gasteiger partial charge in [0.2, 0.25) is 0 Å². The van der Waals surface area contributed by atoms with Crippen LogP contribution in [-0.2, 0) is 32.8 Å². The van der Waals surface area contributed by atoms with Gasteiger partial charge in [-0.2, -0.15) is 0 Å². The summed E-state index contributed by atoms with van der Waals surface area (Å²) in [6.07, 6.45) is 1.46. The molecule has 0 radical (unpaired) electrons.